The number of ether oxygens (including phenoxy) is 4. The molecule has 0 aliphatic heterocycles. The van der Waals surface area contributed by atoms with Gasteiger partial charge in [-0.2, -0.15) is 0 Å². The Morgan fingerprint density at radius 2 is 1.19 bits per heavy atom. The van der Waals surface area contributed by atoms with Gasteiger partial charge in [-0.25, -0.2) is 14.2 Å². The molecule has 0 N–H and O–H groups in total. The number of rotatable bonds is 15. The summed E-state index contributed by atoms with van der Waals surface area (Å²) in [6, 6.07) is 17.4. The molecule has 228 valence electrons. The van der Waals surface area contributed by atoms with Crippen LogP contribution < -0.4 is 18.9 Å². The SMILES string of the molecule is C=C(/C=C\C(=C)OC(=O)c1ccc(OCC[n+]2ccc(N(C)C)cc2)cc1)OC(=O)c1ccc(OCCCC)cc1.CC. The van der Waals surface area contributed by atoms with Crippen molar-refractivity contribution in [2.24, 2.45) is 0 Å². The van der Waals surface area contributed by atoms with Crippen LogP contribution in [-0.2, 0) is 16.0 Å². The van der Waals surface area contributed by atoms with Gasteiger partial charge >= 0.3 is 11.9 Å². The molecule has 0 spiro atoms. The van der Waals surface area contributed by atoms with Crippen molar-refractivity contribution in [2.45, 2.75) is 40.2 Å². The summed E-state index contributed by atoms with van der Waals surface area (Å²) in [5.74, 6) is 0.330. The lowest BCUT2D eigenvalue weighted by molar-refractivity contribution is -0.697. The van der Waals surface area contributed by atoms with Crippen LogP contribution in [0.1, 0.15) is 54.3 Å². The zero-order valence-corrected chi connectivity index (χ0v) is 25.9. The summed E-state index contributed by atoms with van der Waals surface area (Å²) in [7, 11) is 4.00. The van der Waals surface area contributed by atoms with Crippen LogP contribution in [0.15, 0.2) is 110 Å². The first-order valence-corrected chi connectivity index (χ1v) is 14.4. The van der Waals surface area contributed by atoms with Gasteiger partial charge < -0.3 is 23.8 Å². The second-order valence-corrected chi connectivity index (χ2v) is 9.33. The summed E-state index contributed by atoms with van der Waals surface area (Å²) in [6.45, 7) is 15.3. The summed E-state index contributed by atoms with van der Waals surface area (Å²) in [6.07, 6.45) is 8.81. The van der Waals surface area contributed by atoms with E-state index in [2.05, 4.69) is 20.1 Å². The van der Waals surface area contributed by atoms with Crippen molar-refractivity contribution >= 4 is 17.6 Å². The Morgan fingerprint density at radius 3 is 1.60 bits per heavy atom. The first-order chi connectivity index (χ1) is 20.7. The molecule has 0 aliphatic carbocycles. The number of nitrogens with zero attached hydrogens (tertiary/aromatic N) is 2. The summed E-state index contributed by atoms with van der Waals surface area (Å²) < 4.78 is 23.9. The highest BCUT2D eigenvalue weighted by atomic mass is 16.5. The lowest BCUT2D eigenvalue weighted by Gasteiger charge is -2.10. The Kier molecular flexibility index (Phi) is 14.8. The molecular formula is C35H43N2O6+. The maximum absolute atomic E-state index is 12.5. The molecule has 0 unspecified atom stereocenters. The average Bonchev–Trinajstić information content (AvgIpc) is 3.02. The predicted octanol–water partition coefficient (Wildman–Crippen LogP) is 6.92. The van der Waals surface area contributed by atoms with Gasteiger partial charge in [0.15, 0.2) is 18.9 Å². The van der Waals surface area contributed by atoms with Gasteiger partial charge in [0.2, 0.25) is 0 Å². The number of hydrogen-bond acceptors (Lipinski definition) is 7. The molecule has 0 aliphatic rings. The van der Waals surface area contributed by atoms with Crippen LogP contribution in [0, 0.1) is 0 Å². The van der Waals surface area contributed by atoms with E-state index in [9.17, 15) is 9.59 Å². The number of carbonyl (C=O) groups is 2. The molecule has 3 aromatic rings. The first kappa shape index (κ1) is 34.4. The molecular weight excluding hydrogens is 544 g/mol. The standard InChI is InChI=1S/C33H37N2O6.C2H6/c1-6-7-23-38-30-14-10-27(11-15-30)32(36)40-25(2)8-9-26(3)41-33(37)28-12-16-31(17-13-28)39-24-22-35-20-18-29(19-21-35)34(4)5;1-2/h8-21H,2-3,6-7,22-24H2,1,4-5H3;1-2H3/q+1;/b9-8-;. The largest absolute Gasteiger partial charge is 0.494 e. The van der Waals surface area contributed by atoms with Gasteiger partial charge in [0.1, 0.15) is 29.6 Å². The number of aromatic nitrogens is 1. The van der Waals surface area contributed by atoms with Crippen LogP contribution in [0.4, 0.5) is 5.69 Å². The molecule has 0 atom stereocenters. The summed E-state index contributed by atoms with van der Waals surface area (Å²) >= 11 is 0. The van der Waals surface area contributed by atoms with Gasteiger partial charge in [-0.05, 0) is 67.1 Å². The topological polar surface area (TPSA) is 78.2 Å². The normalized spacial score (nSPS) is 10.3. The minimum atomic E-state index is -0.577. The van der Waals surface area contributed by atoms with E-state index < -0.39 is 11.9 Å². The van der Waals surface area contributed by atoms with Gasteiger partial charge in [0, 0.05) is 31.9 Å². The van der Waals surface area contributed by atoms with Crippen molar-refractivity contribution in [3.05, 3.63) is 121 Å². The molecule has 0 radical (unpaired) electrons. The Morgan fingerprint density at radius 1 is 0.744 bits per heavy atom. The molecule has 1 heterocycles. The van der Waals surface area contributed by atoms with E-state index in [1.807, 2.05) is 61.9 Å². The lowest BCUT2D eigenvalue weighted by Crippen LogP contribution is -2.35. The van der Waals surface area contributed by atoms with E-state index in [1.54, 1.807) is 48.5 Å². The fourth-order valence-electron chi connectivity index (χ4n) is 3.48. The van der Waals surface area contributed by atoms with E-state index in [-0.39, 0.29) is 11.5 Å². The zero-order chi connectivity index (χ0) is 31.6. The minimum absolute atomic E-state index is 0.0680. The lowest BCUT2D eigenvalue weighted by atomic mass is 10.2. The van der Waals surface area contributed by atoms with Crippen LogP contribution >= 0.6 is 0 Å². The van der Waals surface area contributed by atoms with Crippen LogP contribution in [0.3, 0.4) is 0 Å². The molecule has 2 aromatic carbocycles. The van der Waals surface area contributed by atoms with Crippen LogP contribution in [0.2, 0.25) is 0 Å². The molecule has 8 nitrogen and oxygen atoms in total. The highest BCUT2D eigenvalue weighted by Gasteiger charge is 2.11. The third-order valence-electron chi connectivity index (χ3n) is 5.86. The number of carbonyl (C=O) groups excluding carboxylic acids is 2. The molecule has 0 saturated carbocycles. The smallest absolute Gasteiger partial charge is 0.343 e. The molecule has 0 saturated heterocycles. The van der Waals surface area contributed by atoms with Crippen molar-refractivity contribution < 1.29 is 33.1 Å². The number of unbranched alkanes of at least 4 members (excludes halogenated alkanes) is 1. The van der Waals surface area contributed by atoms with E-state index in [0.29, 0.717) is 42.4 Å². The highest BCUT2D eigenvalue weighted by molar-refractivity contribution is 5.91. The summed E-state index contributed by atoms with van der Waals surface area (Å²) in [4.78, 5) is 26.9. The van der Waals surface area contributed by atoms with Crippen molar-refractivity contribution in [3.63, 3.8) is 0 Å². The number of allylic oxidation sites excluding steroid dienone is 2. The van der Waals surface area contributed by atoms with Crippen molar-refractivity contribution in [1.82, 2.24) is 0 Å². The second kappa shape index (κ2) is 18.6. The van der Waals surface area contributed by atoms with E-state index in [1.165, 1.54) is 12.2 Å². The Balaban J connectivity index is 0.00000316. The molecule has 0 bridgehead atoms. The average molecular weight is 588 g/mol. The van der Waals surface area contributed by atoms with E-state index >= 15 is 0 Å². The van der Waals surface area contributed by atoms with Gasteiger partial charge in [0.05, 0.1) is 17.7 Å². The number of benzene rings is 2. The predicted molar refractivity (Wildman–Crippen MR) is 169 cm³/mol. The maximum atomic E-state index is 12.5. The van der Waals surface area contributed by atoms with Crippen molar-refractivity contribution in [1.29, 1.82) is 0 Å². The Labute approximate surface area is 255 Å². The first-order valence-electron chi connectivity index (χ1n) is 14.4. The molecule has 0 fully saturated rings. The molecule has 8 heteroatoms. The third kappa shape index (κ3) is 12.3. The molecule has 0 amide bonds. The van der Waals surface area contributed by atoms with Gasteiger partial charge in [-0.15, -0.1) is 0 Å². The van der Waals surface area contributed by atoms with Gasteiger partial charge in [-0.1, -0.05) is 40.3 Å². The molecule has 43 heavy (non-hydrogen) atoms. The fourth-order valence-corrected chi connectivity index (χ4v) is 3.48. The van der Waals surface area contributed by atoms with E-state index in [0.717, 1.165) is 18.5 Å². The number of esters is 2. The highest BCUT2D eigenvalue weighted by Crippen LogP contribution is 2.16. The van der Waals surface area contributed by atoms with Gasteiger partial charge in [0.25, 0.3) is 0 Å². The summed E-state index contributed by atoms with van der Waals surface area (Å²) in [5.41, 5.74) is 1.83. The zero-order valence-electron chi connectivity index (χ0n) is 25.9. The minimum Gasteiger partial charge on any atom is -0.494 e. The third-order valence-corrected chi connectivity index (χ3v) is 5.86. The van der Waals surface area contributed by atoms with Crippen molar-refractivity contribution in [2.75, 3.05) is 32.2 Å². The monoisotopic (exact) mass is 587 g/mol. The Hall–Kier alpha value is -4.85. The summed E-state index contributed by atoms with van der Waals surface area (Å²) in [5, 5.41) is 0. The van der Waals surface area contributed by atoms with Gasteiger partial charge in [-0.3, -0.25) is 0 Å². The van der Waals surface area contributed by atoms with E-state index in [4.69, 9.17) is 18.9 Å². The Bertz CT molecular complexity index is 1340. The number of hydrogen-bond donors (Lipinski definition) is 0. The van der Waals surface area contributed by atoms with Crippen LogP contribution in [0.5, 0.6) is 11.5 Å². The van der Waals surface area contributed by atoms with Crippen LogP contribution in [0.25, 0.3) is 0 Å². The van der Waals surface area contributed by atoms with Crippen LogP contribution in [-0.4, -0.2) is 39.2 Å². The van der Waals surface area contributed by atoms with Crippen molar-refractivity contribution in [3.8, 4) is 11.5 Å². The molecule has 3 rings (SSSR count). The number of pyridine rings is 1. The fraction of sp³-hybridized carbons (Fsp3) is 0.286. The quantitative estimate of drug-likeness (QED) is 0.0628. The second-order valence-electron chi connectivity index (χ2n) is 9.33. The number of anilines is 1. The molecule has 1 aromatic heterocycles. The maximum Gasteiger partial charge on any atom is 0.343 e.